The first kappa shape index (κ1) is 21.6. The van der Waals surface area contributed by atoms with E-state index in [2.05, 4.69) is 16.9 Å². The van der Waals surface area contributed by atoms with Gasteiger partial charge in [-0.25, -0.2) is 9.78 Å². The van der Waals surface area contributed by atoms with Crippen molar-refractivity contribution in [3.8, 4) is 0 Å². The van der Waals surface area contributed by atoms with Crippen LogP contribution in [0.25, 0.3) is 12.2 Å². The monoisotopic (exact) mass is 387 g/mol. The van der Waals surface area contributed by atoms with Crippen LogP contribution in [0.2, 0.25) is 0 Å². The molecule has 1 unspecified atom stereocenters. The fourth-order valence-electron chi connectivity index (χ4n) is 2.74. The molecule has 0 bridgehead atoms. The van der Waals surface area contributed by atoms with E-state index in [0.29, 0.717) is 11.4 Å². The van der Waals surface area contributed by atoms with Crippen molar-refractivity contribution < 1.29 is 19.4 Å². The molecule has 0 aliphatic heterocycles. The van der Waals surface area contributed by atoms with Gasteiger partial charge in [0, 0.05) is 12.2 Å². The highest BCUT2D eigenvalue weighted by molar-refractivity contribution is 5.78. The Labute approximate surface area is 166 Å². The Morgan fingerprint density at radius 2 is 2.04 bits per heavy atom. The molecule has 7 heteroatoms. The van der Waals surface area contributed by atoms with Crippen LogP contribution >= 0.6 is 0 Å². The molecule has 1 heterocycles. The Bertz CT molecular complexity index is 763. The number of amides is 2. The summed E-state index contributed by atoms with van der Waals surface area (Å²) in [6.07, 6.45) is 6.29. The molecular weight excluding hydrogens is 358 g/mol. The summed E-state index contributed by atoms with van der Waals surface area (Å²) in [4.78, 5) is 30.1. The van der Waals surface area contributed by atoms with E-state index in [4.69, 9.17) is 9.84 Å². The quantitative estimate of drug-likeness (QED) is 0.749. The van der Waals surface area contributed by atoms with Gasteiger partial charge in [-0.15, -0.1) is 0 Å². The molecule has 0 spiro atoms. The third-order valence-electron chi connectivity index (χ3n) is 4.18. The number of nitrogens with one attached hydrogen (secondary N) is 1. The summed E-state index contributed by atoms with van der Waals surface area (Å²) in [5.41, 5.74) is 1.61. The van der Waals surface area contributed by atoms with Gasteiger partial charge in [0.05, 0.1) is 17.4 Å². The molecule has 0 radical (unpaired) electrons. The van der Waals surface area contributed by atoms with Gasteiger partial charge in [0.1, 0.15) is 12.2 Å². The number of carbonyl (C=O) groups excluding carboxylic acids is 2. The SMILES string of the molecule is C=Cc1cc(C(C)N(C(=O)OC(C)(C)C)C2CC2)cc(/C=C/NC(=O)CO)n1. The van der Waals surface area contributed by atoms with Crippen LogP contribution in [0.15, 0.2) is 24.9 Å². The zero-order valence-electron chi connectivity index (χ0n) is 16.9. The standard InChI is InChI=1S/C21H29N3O4/c1-6-16-11-15(12-17(23-16)9-10-22-19(26)13-25)14(2)24(18-7-8-18)20(27)28-21(3,4)5/h6,9-12,14,18,25H,1,7-8,13H2,2-5H3,(H,22,26)/b10-9+. The van der Waals surface area contributed by atoms with Gasteiger partial charge in [-0.1, -0.05) is 6.58 Å². The fourth-order valence-corrected chi connectivity index (χ4v) is 2.74. The van der Waals surface area contributed by atoms with Crippen LogP contribution < -0.4 is 5.32 Å². The van der Waals surface area contributed by atoms with Crippen molar-refractivity contribution in [3.05, 3.63) is 41.9 Å². The topological polar surface area (TPSA) is 91.8 Å². The van der Waals surface area contributed by atoms with E-state index >= 15 is 0 Å². The third-order valence-corrected chi connectivity index (χ3v) is 4.18. The van der Waals surface area contributed by atoms with Crippen molar-refractivity contribution in [1.82, 2.24) is 15.2 Å². The lowest BCUT2D eigenvalue weighted by Gasteiger charge is -2.32. The average Bonchev–Trinajstić information content (AvgIpc) is 3.44. The zero-order chi connectivity index (χ0) is 20.9. The third kappa shape index (κ3) is 6.20. The van der Waals surface area contributed by atoms with Crippen molar-refractivity contribution in [2.24, 2.45) is 0 Å². The van der Waals surface area contributed by atoms with Gasteiger partial charge in [0.15, 0.2) is 0 Å². The minimum Gasteiger partial charge on any atom is -0.444 e. The van der Waals surface area contributed by atoms with Gasteiger partial charge in [-0.3, -0.25) is 9.69 Å². The summed E-state index contributed by atoms with van der Waals surface area (Å²) < 4.78 is 5.60. The van der Waals surface area contributed by atoms with Gasteiger partial charge in [-0.2, -0.15) is 0 Å². The Morgan fingerprint density at radius 1 is 1.39 bits per heavy atom. The molecule has 28 heavy (non-hydrogen) atoms. The molecule has 1 atom stereocenters. The van der Waals surface area contributed by atoms with Crippen LogP contribution in [0.4, 0.5) is 4.79 Å². The molecule has 1 aliphatic carbocycles. The van der Waals surface area contributed by atoms with Crippen molar-refractivity contribution >= 4 is 24.2 Å². The van der Waals surface area contributed by atoms with Gasteiger partial charge < -0.3 is 15.2 Å². The highest BCUT2D eigenvalue weighted by Gasteiger charge is 2.38. The first-order valence-electron chi connectivity index (χ1n) is 9.37. The number of hydrogen-bond acceptors (Lipinski definition) is 5. The van der Waals surface area contributed by atoms with Crippen molar-refractivity contribution in [3.63, 3.8) is 0 Å². The van der Waals surface area contributed by atoms with Gasteiger partial charge in [-0.05, 0) is 70.4 Å². The van der Waals surface area contributed by atoms with E-state index in [1.54, 1.807) is 17.1 Å². The molecular formula is C21H29N3O4. The maximum absolute atomic E-state index is 12.8. The van der Waals surface area contributed by atoms with E-state index in [0.717, 1.165) is 18.4 Å². The van der Waals surface area contributed by atoms with Crippen molar-refractivity contribution in [1.29, 1.82) is 0 Å². The number of aliphatic hydroxyl groups is 1. The number of nitrogens with zero attached hydrogens (tertiary/aromatic N) is 2. The molecule has 1 aromatic heterocycles. The average molecular weight is 387 g/mol. The Balaban J connectivity index is 2.27. The number of carbonyl (C=O) groups is 2. The van der Waals surface area contributed by atoms with E-state index in [1.165, 1.54) is 6.20 Å². The normalized spacial score (nSPS) is 15.2. The van der Waals surface area contributed by atoms with E-state index in [9.17, 15) is 9.59 Å². The number of aliphatic hydroxyl groups excluding tert-OH is 1. The lowest BCUT2D eigenvalue weighted by Crippen LogP contribution is -2.39. The van der Waals surface area contributed by atoms with Gasteiger partial charge >= 0.3 is 6.09 Å². The minimum absolute atomic E-state index is 0.174. The number of aromatic nitrogens is 1. The second-order valence-electron chi connectivity index (χ2n) is 7.81. The molecule has 0 saturated heterocycles. The van der Waals surface area contributed by atoms with Crippen LogP contribution in [0.5, 0.6) is 0 Å². The lowest BCUT2D eigenvalue weighted by molar-refractivity contribution is -0.122. The van der Waals surface area contributed by atoms with Crippen LogP contribution in [-0.4, -0.2) is 45.2 Å². The zero-order valence-corrected chi connectivity index (χ0v) is 16.9. The van der Waals surface area contributed by atoms with Crippen LogP contribution in [0, 0.1) is 0 Å². The summed E-state index contributed by atoms with van der Waals surface area (Å²) in [6, 6.07) is 3.72. The van der Waals surface area contributed by atoms with Gasteiger partial charge in [0.25, 0.3) is 0 Å². The molecule has 1 aromatic rings. The molecule has 2 N–H and O–H groups in total. The number of rotatable bonds is 7. The largest absolute Gasteiger partial charge is 0.444 e. The smallest absolute Gasteiger partial charge is 0.411 e. The first-order chi connectivity index (χ1) is 13.1. The molecule has 0 aromatic carbocycles. The van der Waals surface area contributed by atoms with Crippen molar-refractivity contribution in [2.45, 2.75) is 58.2 Å². The summed E-state index contributed by atoms with van der Waals surface area (Å²) in [5, 5.41) is 11.2. The maximum atomic E-state index is 12.8. The Morgan fingerprint density at radius 3 is 2.57 bits per heavy atom. The molecule has 2 rings (SSSR count). The maximum Gasteiger partial charge on any atom is 0.411 e. The summed E-state index contributed by atoms with van der Waals surface area (Å²) in [7, 11) is 0. The summed E-state index contributed by atoms with van der Waals surface area (Å²) >= 11 is 0. The molecule has 1 saturated carbocycles. The Kier molecular flexibility index (Phi) is 6.96. The van der Waals surface area contributed by atoms with E-state index in [1.807, 2.05) is 39.8 Å². The van der Waals surface area contributed by atoms with Crippen LogP contribution in [0.3, 0.4) is 0 Å². The fraction of sp³-hybridized carbons (Fsp3) is 0.476. The van der Waals surface area contributed by atoms with Gasteiger partial charge in [0.2, 0.25) is 5.91 Å². The minimum atomic E-state index is -0.584. The highest BCUT2D eigenvalue weighted by atomic mass is 16.6. The summed E-state index contributed by atoms with van der Waals surface area (Å²) in [5.74, 6) is -0.505. The van der Waals surface area contributed by atoms with E-state index < -0.39 is 18.1 Å². The van der Waals surface area contributed by atoms with Crippen molar-refractivity contribution in [2.75, 3.05) is 6.61 Å². The molecule has 1 fully saturated rings. The molecule has 2 amide bonds. The predicted molar refractivity (Wildman–Crippen MR) is 108 cm³/mol. The first-order valence-corrected chi connectivity index (χ1v) is 9.37. The number of hydrogen-bond donors (Lipinski definition) is 2. The number of pyridine rings is 1. The highest BCUT2D eigenvalue weighted by Crippen LogP contribution is 2.36. The Hall–Kier alpha value is -2.67. The molecule has 152 valence electrons. The van der Waals surface area contributed by atoms with E-state index in [-0.39, 0.29) is 18.2 Å². The van der Waals surface area contributed by atoms with Crippen LogP contribution in [0.1, 0.15) is 63.5 Å². The molecule has 7 nitrogen and oxygen atoms in total. The second kappa shape index (κ2) is 9.01. The predicted octanol–water partition coefficient (Wildman–Crippen LogP) is 3.26. The number of ether oxygens (including phenoxy) is 1. The lowest BCUT2D eigenvalue weighted by atomic mass is 10.1. The molecule has 1 aliphatic rings. The second-order valence-corrected chi connectivity index (χ2v) is 7.81. The van der Waals surface area contributed by atoms with Crippen LogP contribution in [-0.2, 0) is 9.53 Å². The summed E-state index contributed by atoms with van der Waals surface area (Å²) in [6.45, 7) is 10.7.